The van der Waals surface area contributed by atoms with E-state index in [0.717, 1.165) is 66.4 Å². The lowest BCUT2D eigenvalue weighted by atomic mass is 9.93. The van der Waals surface area contributed by atoms with Crippen LogP contribution in [-0.4, -0.2) is 15.0 Å². The summed E-state index contributed by atoms with van der Waals surface area (Å²) < 4.78 is 11.8. The molecule has 69 heavy (non-hydrogen) atoms. The molecule has 6 heteroatoms. The second-order valence-corrected chi connectivity index (χ2v) is 19.6. The van der Waals surface area contributed by atoms with Gasteiger partial charge in [0.15, 0.2) is 17.5 Å². The third-order valence-electron chi connectivity index (χ3n) is 13.4. The van der Waals surface area contributed by atoms with Crippen LogP contribution in [0, 0.1) is 0 Å². The first-order valence-electron chi connectivity index (χ1n) is 23.1. The predicted molar refractivity (Wildman–Crippen MR) is 291 cm³/mol. The average molecular weight is 916 g/mol. The van der Waals surface area contributed by atoms with Gasteiger partial charge in [-0.2, -0.15) is 0 Å². The molecule has 0 unspecified atom stereocenters. The first-order valence-corrected chi connectivity index (χ1v) is 24.7. The summed E-state index contributed by atoms with van der Waals surface area (Å²) >= 11 is 3.73. The Bertz CT molecular complexity index is 4220. The molecule has 0 saturated carbocycles. The van der Waals surface area contributed by atoms with E-state index in [2.05, 4.69) is 200 Å². The van der Waals surface area contributed by atoms with Gasteiger partial charge in [0.2, 0.25) is 0 Å². The molecule has 0 radical (unpaired) electrons. The third kappa shape index (κ3) is 6.75. The summed E-state index contributed by atoms with van der Waals surface area (Å²) in [7, 11) is 0. The van der Waals surface area contributed by atoms with E-state index in [1.807, 2.05) is 46.9 Å². The van der Waals surface area contributed by atoms with Gasteiger partial charge in [-0.05, 0) is 93.0 Å². The molecule has 4 nitrogen and oxygen atoms in total. The second kappa shape index (κ2) is 16.1. The van der Waals surface area contributed by atoms with Crippen LogP contribution in [0.2, 0.25) is 0 Å². The van der Waals surface area contributed by atoms with Crippen LogP contribution in [0.15, 0.2) is 229 Å². The number of nitrogens with zero attached hydrogens (tertiary/aromatic N) is 3. The smallest absolute Gasteiger partial charge is 0.164 e. The first-order chi connectivity index (χ1) is 34.2. The van der Waals surface area contributed by atoms with Gasteiger partial charge >= 0.3 is 0 Å². The zero-order valence-electron chi connectivity index (χ0n) is 36.9. The van der Waals surface area contributed by atoms with Gasteiger partial charge < -0.3 is 4.42 Å². The average Bonchev–Trinajstić information content (AvgIpc) is 4.12. The first kappa shape index (κ1) is 39.6. The Hall–Kier alpha value is -8.55. The molecular weight excluding hydrogens is 879 g/mol. The van der Waals surface area contributed by atoms with Gasteiger partial charge in [-0.1, -0.05) is 176 Å². The van der Waals surface area contributed by atoms with Gasteiger partial charge in [0.05, 0.1) is 0 Å². The van der Waals surface area contributed by atoms with E-state index < -0.39 is 0 Å². The maximum absolute atomic E-state index is 6.67. The summed E-state index contributed by atoms with van der Waals surface area (Å²) in [4.78, 5) is 15.8. The summed E-state index contributed by atoms with van der Waals surface area (Å²) in [6.45, 7) is 0. The van der Waals surface area contributed by atoms with Gasteiger partial charge in [-0.25, -0.2) is 15.0 Å². The van der Waals surface area contributed by atoms with Crippen LogP contribution in [0.3, 0.4) is 0 Å². The SMILES string of the molecule is c1ccc(-c2cccc(-c3nc(-c4cccc(-c5ccccc5)c4)nc(-c4cccc5oc6ccc(-c7ccc(-c8ccc9c(c8)sc8ccccc89)c8sc9ccccc9c78)cc6c45)n3)c2)cc1. The molecule has 0 aliphatic heterocycles. The highest BCUT2D eigenvalue weighted by Gasteiger charge is 2.21. The van der Waals surface area contributed by atoms with Crippen LogP contribution < -0.4 is 0 Å². The summed E-state index contributed by atoms with van der Waals surface area (Å²) in [5.41, 5.74) is 13.5. The summed E-state index contributed by atoms with van der Waals surface area (Å²) in [5.74, 6) is 1.78. The Balaban J connectivity index is 0.947. The van der Waals surface area contributed by atoms with E-state index in [1.54, 1.807) is 0 Å². The maximum Gasteiger partial charge on any atom is 0.164 e. The zero-order valence-corrected chi connectivity index (χ0v) is 38.6. The Morgan fingerprint density at radius 1 is 0.275 bits per heavy atom. The van der Waals surface area contributed by atoms with Gasteiger partial charge in [-0.15, -0.1) is 22.7 Å². The molecular formula is C63H37N3OS2. The quantitative estimate of drug-likeness (QED) is 0.160. The Kier molecular flexibility index (Phi) is 9.22. The van der Waals surface area contributed by atoms with Gasteiger partial charge in [0.1, 0.15) is 11.2 Å². The molecule has 0 fully saturated rings. The normalized spacial score (nSPS) is 11.8. The van der Waals surface area contributed by atoms with Gasteiger partial charge in [0, 0.05) is 67.8 Å². The Morgan fingerprint density at radius 3 is 1.55 bits per heavy atom. The number of thiophene rings is 2. The number of fused-ring (bicyclic) bond motifs is 9. The van der Waals surface area contributed by atoms with Crippen molar-refractivity contribution >= 4 is 85.0 Å². The molecule has 0 saturated heterocycles. The van der Waals surface area contributed by atoms with E-state index in [-0.39, 0.29) is 0 Å². The number of hydrogen-bond donors (Lipinski definition) is 0. The van der Waals surface area contributed by atoms with Gasteiger partial charge in [-0.3, -0.25) is 0 Å². The summed E-state index contributed by atoms with van der Waals surface area (Å²) in [6, 6.07) is 79.7. The van der Waals surface area contributed by atoms with Crippen LogP contribution in [0.5, 0.6) is 0 Å². The topological polar surface area (TPSA) is 51.8 Å². The maximum atomic E-state index is 6.67. The van der Waals surface area contributed by atoms with E-state index in [0.29, 0.717) is 17.5 Å². The second-order valence-electron chi connectivity index (χ2n) is 17.5. The standard InChI is InChI=1S/C63H37N3OS2/c1-3-14-38(15-4-1)40-18-11-20-44(34-40)61-64-62(45-21-12-19-41(35-45)39-16-5-2-6-17-39)66-63(65-61)51-24-13-25-54-58(51)52-36-42(29-33-53(52)67-54)46-31-32-47(60-59(46)50-23-8-10-27-56(50)69-60)43-28-30-49-48-22-7-9-26-55(48)68-57(49)37-43/h1-37H. The number of rotatable bonds is 7. The van der Waals surface area contributed by atoms with Crippen molar-refractivity contribution < 1.29 is 4.42 Å². The lowest BCUT2D eigenvalue weighted by Crippen LogP contribution is -2.00. The van der Waals surface area contributed by atoms with Crippen LogP contribution >= 0.6 is 22.7 Å². The van der Waals surface area contributed by atoms with Crippen molar-refractivity contribution in [3.8, 4) is 78.7 Å². The van der Waals surface area contributed by atoms with Crippen molar-refractivity contribution in [3.05, 3.63) is 224 Å². The minimum absolute atomic E-state index is 0.579. The molecule has 0 bridgehead atoms. The van der Waals surface area contributed by atoms with Crippen molar-refractivity contribution in [1.29, 1.82) is 0 Å². The van der Waals surface area contributed by atoms with Crippen molar-refractivity contribution in [1.82, 2.24) is 15.0 Å². The fourth-order valence-corrected chi connectivity index (χ4v) is 12.5. The molecule has 0 N–H and O–H groups in total. The molecule has 0 atom stereocenters. The monoisotopic (exact) mass is 915 g/mol. The van der Waals surface area contributed by atoms with E-state index in [1.165, 1.54) is 57.0 Å². The van der Waals surface area contributed by atoms with Crippen LogP contribution in [0.25, 0.3) is 141 Å². The van der Waals surface area contributed by atoms with E-state index >= 15 is 0 Å². The van der Waals surface area contributed by atoms with Crippen LogP contribution in [0.4, 0.5) is 0 Å². The van der Waals surface area contributed by atoms with E-state index in [4.69, 9.17) is 19.4 Å². The Morgan fingerprint density at radius 2 is 0.826 bits per heavy atom. The molecule has 0 amide bonds. The zero-order chi connectivity index (χ0) is 45.4. The fourth-order valence-electron chi connectivity index (χ4n) is 10.1. The fraction of sp³-hybridized carbons (Fsp3) is 0. The minimum atomic E-state index is 0.579. The Labute approximate surface area is 405 Å². The molecule has 4 heterocycles. The number of benzene rings is 10. The molecule has 4 aromatic heterocycles. The predicted octanol–water partition coefficient (Wildman–Crippen LogP) is 18.2. The molecule has 14 aromatic rings. The minimum Gasteiger partial charge on any atom is -0.456 e. The summed E-state index contributed by atoms with van der Waals surface area (Å²) in [5, 5.41) is 7.11. The van der Waals surface area contributed by atoms with E-state index in [9.17, 15) is 0 Å². The molecule has 14 rings (SSSR count). The number of furan rings is 1. The molecule has 0 spiro atoms. The highest BCUT2D eigenvalue weighted by atomic mass is 32.1. The largest absolute Gasteiger partial charge is 0.456 e. The van der Waals surface area contributed by atoms with Crippen LogP contribution in [0.1, 0.15) is 0 Å². The molecule has 0 aliphatic carbocycles. The summed E-state index contributed by atoms with van der Waals surface area (Å²) in [6.07, 6.45) is 0. The lowest BCUT2D eigenvalue weighted by molar-refractivity contribution is 0.669. The van der Waals surface area contributed by atoms with Crippen molar-refractivity contribution in [2.45, 2.75) is 0 Å². The third-order valence-corrected chi connectivity index (χ3v) is 15.7. The van der Waals surface area contributed by atoms with Crippen molar-refractivity contribution in [3.63, 3.8) is 0 Å². The molecule has 0 aliphatic rings. The molecule has 10 aromatic carbocycles. The number of hydrogen-bond acceptors (Lipinski definition) is 6. The van der Waals surface area contributed by atoms with Crippen molar-refractivity contribution in [2.75, 3.05) is 0 Å². The van der Waals surface area contributed by atoms with Crippen molar-refractivity contribution in [2.24, 2.45) is 0 Å². The molecule has 322 valence electrons. The highest BCUT2D eigenvalue weighted by Crippen LogP contribution is 2.47. The highest BCUT2D eigenvalue weighted by molar-refractivity contribution is 7.26. The lowest BCUT2D eigenvalue weighted by Gasteiger charge is -2.11. The number of aromatic nitrogens is 3. The van der Waals surface area contributed by atoms with Gasteiger partial charge in [0.25, 0.3) is 0 Å². The van der Waals surface area contributed by atoms with Crippen LogP contribution in [-0.2, 0) is 0 Å².